The van der Waals surface area contributed by atoms with E-state index < -0.39 is 0 Å². The Morgan fingerprint density at radius 2 is 1.64 bits per heavy atom. The van der Waals surface area contributed by atoms with Crippen molar-refractivity contribution in [3.8, 4) is 0 Å². The van der Waals surface area contributed by atoms with Gasteiger partial charge >= 0.3 is 0 Å². The van der Waals surface area contributed by atoms with Crippen molar-refractivity contribution in [3.63, 3.8) is 0 Å². The molecule has 1 aromatic carbocycles. The quantitative estimate of drug-likeness (QED) is 0.638. The highest BCUT2D eigenvalue weighted by Gasteiger charge is 2.18. The fourth-order valence-corrected chi connectivity index (χ4v) is 3.41. The molecular formula is C17H22N4S. The minimum Gasteiger partial charge on any atom is -0.368 e. The Bertz CT molecular complexity index is 595. The van der Waals surface area contributed by atoms with Crippen molar-refractivity contribution in [3.05, 3.63) is 42.7 Å². The molecule has 0 spiro atoms. The van der Waals surface area contributed by atoms with Gasteiger partial charge in [0.25, 0.3) is 0 Å². The molecule has 4 nitrogen and oxygen atoms in total. The van der Waals surface area contributed by atoms with Crippen LogP contribution in [0.4, 0.5) is 11.5 Å². The molecule has 0 aliphatic carbocycles. The average Bonchev–Trinajstić information content (AvgIpc) is 2.55. The van der Waals surface area contributed by atoms with Crippen molar-refractivity contribution in [1.29, 1.82) is 0 Å². The second-order valence-corrected chi connectivity index (χ2v) is 7.29. The lowest BCUT2D eigenvalue weighted by Crippen LogP contribution is -2.46. The standard InChI is InChI=1S/C17H22N4S/c1-14(2)22-17-12-16(18-13-19-17)21-10-8-20(9-11-21)15-6-4-3-5-7-15/h3-7,12-14H,8-11H2,1-2H3. The summed E-state index contributed by atoms with van der Waals surface area (Å²) in [6.45, 7) is 8.42. The number of hydrogen-bond donors (Lipinski definition) is 0. The van der Waals surface area contributed by atoms with E-state index in [0.29, 0.717) is 5.25 Å². The molecule has 1 aliphatic heterocycles. The third-order valence-corrected chi connectivity index (χ3v) is 4.65. The lowest BCUT2D eigenvalue weighted by molar-refractivity contribution is 0.645. The lowest BCUT2D eigenvalue weighted by atomic mass is 10.2. The van der Waals surface area contributed by atoms with Gasteiger partial charge in [0.2, 0.25) is 0 Å². The molecule has 0 saturated carbocycles. The zero-order valence-electron chi connectivity index (χ0n) is 13.1. The summed E-state index contributed by atoms with van der Waals surface area (Å²) in [4.78, 5) is 13.6. The maximum absolute atomic E-state index is 4.45. The largest absolute Gasteiger partial charge is 0.368 e. The summed E-state index contributed by atoms with van der Waals surface area (Å²) in [5, 5.41) is 1.60. The number of anilines is 2. The van der Waals surface area contributed by atoms with E-state index in [4.69, 9.17) is 0 Å². The zero-order valence-corrected chi connectivity index (χ0v) is 14.0. The summed E-state index contributed by atoms with van der Waals surface area (Å²) in [7, 11) is 0. The predicted molar refractivity (Wildman–Crippen MR) is 93.9 cm³/mol. The maximum atomic E-state index is 4.45. The summed E-state index contributed by atoms with van der Waals surface area (Å²) in [5.41, 5.74) is 1.31. The molecule has 0 amide bonds. The maximum Gasteiger partial charge on any atom is 0.133 e. The molecule has 1 fully saturated rings. The van der Waals surface area contributed by atoms with E-state index >= 15 is 0 Å². The van der Waals surface area contributed by atoms with Gasteiger partial charge in [-0.1, -0.05) is 32.0 Å². The van der Waals surface area contributed by atoms with Crippen molar-refractivity contribution in [2.75, 3.05) is 36.0 Å². The fourth-order valence-electron chi connectivity index (χ4n) is 2.64. The predicted octanol–water partition coefficient (Wildman–Crippen LogP) is 3.30. The molecule has 5 heteroatoms. The van der Waals surface area contributed by atoms with Crippen LogP contribution >= 0.6 is 11.8 Å². The van der Waals surface area contributed by atoms with Crippen molar-refractivity contribution in [2.45, 2.75) is 24.1 Å². The van der Waals surface area contributed by atoms with Crippen LogP contribution in [0.3, 0.4) is 0 Å². The van der Waals surface area contributed by atoms with Crippen LogP contribution in [0, 0.1) is 0 Å². The van der Waals surface area contributed by atoms with E-state index in [2.05, 4.69) is 70.0 Å². The van der Waals surface area contributed by atoms with Crippen LogP contribution < -0.4 is 9.80 Å². The number of rotatable bonds is 4. The van der Waals surface area contributed by atoms with Crippen LogP contribution in [-0.2, 0) is 0 Å². The van der Waals surface area contributed by atoms with E-state index in [1.165, 1.54) is 5.69 Å². The molecule has 1 aromatic heterocycles. The first-order valence-corrected chi connectivity index (χ1v) is 8.64. The Kier molecular flexibility index (Phi) is 4.83. The third-order valence-electron chi connectivity index (χ3n) is 3.71. The van der Waals surface area contributed by atoms with E-state index in [9.17, 15) is 0 Å². The first kappa shape index (κ1) is 15.2. The number of thioether (sulfide) groups is 1. The van der Waals surface area contributed by atoms with Crippen molar-refractivity contribution >= 4 is 23.3 Å². The third kappa shape index (κ3) is 3.71. The van der Waals surface area contributed by atoms with Crippen LogP contribution in [0.2, 0.25) is 0 Å². The number of nitrogens with zero attached hydrogens (tertiary/aromatic N) is 4. The zero-order chi connectivity index (χ0) is 15.4. The Labute approximate surface area is 136 Å². The van der Waals surface area contributed by atoms with E-state index in [1.54, 1.807) is 18.1 Å². The summed E-state index contributed by atoms with van der Waals surface area (Å²) < 4.78 is 0. The number of hydrogen-bond acceptors (Lipinski definition) is 5. The first-order chi connectivity index (χ1) is 10.7. The highest BCUT2D eigenvalue weighted by atomic mass is 32.2. The molecule has 0 radical (unpaired) electrons. The SMILES string of the molecule is CC(C)Sc1cc(N2CCN(c3ccccc3)CC2)ncn1. The van der Waals surface area contributed by atoms with Gasteiger partial charge in [0, 0.05) is 43.2 Å². The molecule has 2 heterocycles. The number of piperazine rings is 1. The van der Waals surface area contributed by atoms with Crippen molar-refractivity contribution in [2.24, 2.45) is 0 Å². The minimum atomic E-state index is 0.540. The monoisotopic (exact) mass is 314 g/mol. The smallest absolute Gasteiger partial charge is 0.133 e. The average molecular weight is 314 g/mol. The summed E-state index contributed by atoms with van der Waals surface area (Å²) in [6, 6.07) is 12.7. The van der Waals surface area contributed by atoms with E-state index in [1.807, 2.05) is 0 Å². The van der Waals surface area contributed by atoms with Gasteiger partial charge in [-0.25, -0.2) is 9.97 Å². The highest BCUT2D eigenvalue weighted by Crippen LogP contribution is 2.24. The molecule has 1 saturated heterocycles. The molecule has 3 rings (SSSR count). The normalized spacial score (nSPS) is 15.4. The molecule has 22 heavy (non-hydrogen) atoms. The summed E-state index contributed by atoms with van der Waals surface area (Å²) in [5.74, 6) is 1.05. The van der Waals surface area contributed by atoms with Gasteiger partial charge in [-0.05, 0) is 12.1 Å². The second kappa shape index (κ2) is 7.01. The van der Waals surface area contributed by atoms with Gasteiger partial charge in [-0.15, -0.1) is 11.8 Å². The van der Waals surface area contributed by atoms with Gasteiger partial charge < -0.3 is 9.80 Å². The Balaban J connectivity index is 1.64. The fraction of sp³-hybridized carbons (Fsp3) is 0.412. The minimum absolute atomic E-state index is 0.540. The Morgan fingerprint density at radius 1 is 0.955 bits per heavy atom. The molecule has 1 aliphatic rings. The van der Waals surface area contributed by atoms with Crippen LogP contribution in [0.1, 0.15) is 13.8 Å². The Morgan fingerprint density at radius 3 is 2.32 bits per heavy atom. The molecule has 2 aromatic rings. The Hall–Kier alpha value is -1.75. The van der Waals surface area contributed by atoms with Gasteiger partial charge in [0.1, 0.15) is 17.2 Å². The lowest BCUT2D eigenvalue weighted by Gasteiger charge is -2.36. The van der Waals surface area contributed by atoms with Gasteiger partial charge in [-0.3, -0.25) is 0 Å². The van der Waals surface area contributed by atoms with E-state index in [0.717, 1.165) is 37.0 Å². The first-order valence-electron chi connectivity index (χ1n) is 7.76. The van der Waals surface area contributed by atoms with Crippen LogP contribution in [-0.4, -0.2) is 41.4 Å². The highest BCUT2D eigenvalue weighted by molar-refractivity contribution is 7.99. The van der Waals surface area contributed by atoms with Crippen LogP contribution in [0.25, 0.3) is 0 Å². The number of aromatic nitrogens is 2. The molecule has 0 unspecified atom stereocenters. The van der Waals surface area contributed by atoms with E-state index in [-0.39, 0.29) is 0 Å². The van der Waals surface area contributed by atoms with Crippen LogP contribution in [0.5, 0.6) is 0 Å². The molecule has 0 atom stereocenters. The number of para-hydroxylation sites is 1. The second-order valence-electron chi connectivity index (χ2n) is 5.69. The van der Waals surface area contributed by atoms with Gasteiger partial charge in [0.15, 0.2) is 0 Å². The van der Waals surface area contributed by atoms with Crippen molar-refractivity contribution in [1.82, 2.24) is 9.97 Å². The van der Waals surface area contributed by atoms with Gasteiger partial charge in [-0.2, -0.15) is 0 Å². The molecular weight excluding hydrogens is 292 g/mol. The molecule has 0 bridgehead atoms. The molecule has 116 valence electrons. The molecule has 0 N–H and O–H groups in total. The van der Waals surface area contributed by atoms with Crippen molar-refractivity contribution < 1.29 is 0 Å². The summed E-state index contributed by atoms with van der Waals surface area (Å²) in [6.07, 6.45) is 1.68. The topological polar surface area (TPSA) is 32.3 Å². The summed E-state index contributed by atoms with van der Waals surface area (Å²) >= 11 is 1.79. The van der Waals surface area contributed by atoms with Crippen LogP contribution in [0.15, 0.2) is 47.8 Å². The number of benzene rings is 1. The van der Waals surface area contributed by atoms with Gasteiger partial charge in [0.05, 0.1) is 0 Å².